The second-order valence-corrected chi connectivity index (χ2v) is 9.28. The van der Waals surface area contributed by atoms with E-state index in [1.165, 1.54) is 6.33 Å². The minimum atomic E-state index is -0.545. The van der Waals surface area contributed by atoms with Crippen molar-refractivity contribution in [3.63, 3.8) is 0 Å². The van der Waals surface area contributed by atoms with Crippen molar-refractivity contribution in [3.05, 3.63) is 54.4 Å². The fourth-order valence-corrected chi connectivity index (χ4v) is 4.05. The summed E-state index contributed by atoms with van der Waals surface area (Å²) in [6, 6.07) is 13.5. The Morgan fingerprint density at radius 2 is 1.88 bits per heavy atom. The highest BCUT2D eigenvalue weighted by Gasteiger charge is 2.28. The second-order valence-electron chi connectivity index (χ2n) is 9.28. The maximum absolute atomic E-state index is 12.5. The quantitative estimate of drug-likeness (QED) is 0.620. The van der Waals surface area contributed by atoms with Crippen molar-refractivity contribution in [2.45, 2.75) is 45.3 Å². The van der Waals surface area contributed by atoms with Gasteiger partial charge >= 0.3 is 6.09 Å². The first-order valence-corrected chi connectivity index (χ1v) is 11.1. The monoisotopic (exact) mass is 447 g/mol. The number of amides is 2. The van der Waals surface area contributed by atoms with E-state index in [9.17, 15) is 9.59 Å². The zero-order valence-electron chi connectivity index (χ0n) is 19.2. The average molecular weight is 448 g/mol. The third kappa shape index (κ3) is 5.22. The van der Waals surface area contributed by atoms with Crippen LogP contribution in [0.25, 0.3) is 22.0 Å². The number of fused-ring (bicyclic) bond motifs is 1. The van der Waals surface area contributed by atoms with Crippen LogP contribution in [0.4, 0.5) is 10.6 Å². The lowest BCUT2D eigenvalue weighted by Gasteiger charge is -2.34. The molecule has 1 aromatic heterocycles. The van der Waals surface area contributed by atoms with Gasteiger partial charge in [-0.25, -0.2) is 14.8 Å². The standard InChI is InChI=1S/C25H29N5O3/c1-25(2,3)33-24(32)30-11-7-10-18(14-30)29-23-20-13-17(16-8-5-4-6-9-16)12-19(22(26)31)21(20)27-15-28-23/h4-6,8-9,12-13,15,18H,7,10-11,14H2,1-3H3,(H2,26,31)(H,27,28,29)/t18-/m0/s1. The molecule has 1 fully saturated rings. The number of anilines is 1. The Morgan fingerprint density at radius 3 is 2.58 bits per heavy atom. The van der Waals surface area contributed by atoms with Gasteiger partial charge in [0.25, 0.3) is 5.91 Å². The Balaban J connectivity index is 1.66. The molecule has 172 valence electrons. The van der Waals surface area contributed by atoms with Gasteiger partial charge in [0.15, 0.2) is 0 Å². The number of nitrogens with zero attached hydrogens (tertiary/aromatic N) is 3. The van der Waals surface area contributed by atoms with Crippen LogP contribution in [0.15, 0.2) is 48.8 Å². The van der Waals surface area contributed by atoms with E-state index in [-0.39, 0.29) is 12.1 Å². The molecule has 1 aliphatic heterocycles. The van der Waals surface area contributed by atoms with Gasteiger partial charge in [-0.3, -0.25) is 4.79 Å². The first-order chi connectivity index (χ1) is 15.7. The number of primary amides is 1. The third-order valence-electron chi connectivity index (χ3n) is 5.53. The average Bonchev–Trinajstić information content (AvgIpc) is 2.78. The first-order valence-electron chi connectivity index (χ1n) is 11.1. The van der Waals surface area contributed by atoms with E-state index in [4.69, 9.17) is 10.5 Å². The molecule has 0 unspecified atom stereocenters. The van der Waals surface area contributed by atoms with E-state index in [0.717, 1.165) is 24.0 Å². The molecule has 0 spiro atoms. The highest BCUT2D eigenvalue weighted by atomic mass is 16.6. The van der Waals surface area contributed by atoms with Crippen LogP contribution in [0.5, 0.6) is 0 Å². The first kappa shape index (κ1) is 22.5. The topological polar surface area (TPSA) is 110 Å². The van der Waals surface area contributed by atoms with Crippen LogP contribution in [-0.2, 0) is 4.74 Å². The number of rotatable bonds is 4. The summed E-state index contributed by atoms with van der Waals surface area (Å²) in [6.07, 6.45) is 2.84. The van der Waals surface area contributed by atoms with E-state index < -0.39 is 11.5 Å². The van der Waals surface area contributed by atoms with Crippen molar-refractivity contribution < 1.29 is 14.3 Å². The van der Waals surface area contributed by atoms with Gasteiger partial charge in [-0.05, 0) is 56.9 Å². The Labute approximate surface area is 193 Å². The molecule has 3 N–H and O–H groups in total. The van der Waals surface area contributed by atoms with Crippen LogP contribution in [0.1, 0.15) is 44.0 Å². The Bertz CT molecular complexity index is 1170. The number of hydrogen-bond acceptors (Lipinski definition) is 6. The minimum Gasteiger partial charge on any atom is -0.444 e. The minimum absolute atomic E-state index is 0.0122. The lowest BCUT2D eigenvalue weighted by molar-refractivity contribution is 0.0206. The highest BCUT2D eigenvalue weighted by Crippen LogP contribution is 2.31. The Kier molecular flexibility index (Phi) is 6.18. The number of aromatic nitrogens is 2. The number of hydrogen-bond donors (Lipinski definition) is 2. The van der Waals surface area contributed by atoms with Crippen LogP contribution in [-0.4, -0.2) is 51.6 Å². The van der Waals surface area contributed by atoms with Crippen LogP contribution >= 0.6 is 0 Å². The zero-order valence-corrected chi connectivity index (χ0v) is 19.2. The molecular weight excluding hydrogens is 418 g/mol. The zero-order chi connectivity index (χ0) is 23.6. The van der Waals surface area contributed by atoms with Crippen molar-refractivity contribution in [3.8, 4) is 11.1 Å². The second kappa shape index (κ2) is 9.05. The van der Waals surface area contributed by atoms with Gasteiger partial charge in [-0.1, -0.05) is 30.3 Å². The molecule has 0 aliphatic carbocycles. The molecule has 0 bridgehead atoms. The smallest absolute Gasteiger partial charge is 0.410 e. The van der Waals surface area contributed by atoms with Gasteiger partial charge in [0.05, 0.1) is 11.1 Å². The maximum Gasteiger partial charge on any atom is 0.410 e. The number of nitrogens with one attached hydrogen (secondary N) is 1. The summed E-state index contributed by atoms with van der Waals surface area (Å²) in [5, 5.41) is 4.17. The summed E-state index contributed by atoms with van der Waals surface area (Å²) in [5.74, 6) is 0.0625. The molecule has 3 aromatic rings. The van der Waals surface area contributed by atoms with Gasteiger partial charge in [-0.15, -0.1) is 0 Å². The summed E-state index contributed by atoms with van der Waals surface area (Å²) >= 11 is 0. The summed E-state index contributed by atoms with van der Waals surface area (Å²) in [6.45, 7) is 6.73. The van der Waals surface area contributed by atoms with Crippen molar-refractivity contribution in [2.24, 2.45) is 5.73 Å². The van der Waals surface area contributed by atoms with Gasteiger partial charge in [0.2, 0.25) is 0 Å². The number of ether oxygens (including phenoxy) is 1. The van der Waals surface area contributed by atoms with E-state index >= 15 is 0 Å². The number of benzene rings is 2. The number of likely N-dealkylation sites (tertiary alicyclic amines) is 1. The van der Waals surface area contributed by atoms with Crippen molar-refractivity contribution in [2.75, 3.05) is 18.4 Å². The molecule has 0 saturated carbocycles. The van der Waals surface area contributed by atoms with E-state index in [0.29, 0.717) is 35.4 Å². The molecule has 4 rings (SSSR count). The van der Waals surface area contributed by atoms with Gasteiger partial charge in [-0.2, -0.15) is 0 Å². The molecular formula is C25H29N5O3. The fourth-order valence-electron chi connectivity index (χ4n) is 4.05. The van der Waals surface area contributed by atoms with Crippen LogP contribution in [0, 0.1) is 0 Å². The maximum atomic E-state index is 12.5. The number of carbonyl (C=O) groups is 2. The lowest BCUT2D eigenvalue weighted by atomic mass is 9.99. The SMILES string of the molecule is CC(C)(C)OC(=O)N1CCC[C@H](Nc2ncnc3c(C(N)=O)cc(-c4ccccc4)cc23)C1. The number of nitrogens with two attached hydrogens (primary N) is 1. The fraction of sp³-hybridized carbons (Fsp3) is 0.360. The lowest BCUT2D eigenvalue weighted by Crippen LogP contribution is -2.47. The predicted octanol–water partition coefficient (Wildman–Crippen LogP) is 4.21. The van der Waals surface area contributed by atoms with E-state index in [1.54, 1.807) is 11.0 Å². The van der Waals surface area contributed by atoms with E-state index in [2.05, 4.69) is 15.3 Å². The molecule has 8 heteroatoms. The van der Waals surface area contributed by atoms with Crippen molar-refractivity contribution in [1.29, 1.82) is 0 Å². The normalized spacial score (nSPS) is 16.5. The van der Waals surface area contributed by atoms with Gasteiger partial charge < -0.3 is 20.7 Å². The largest absolute Gasteiger partial charge is 0.444 e. The summed E-state index contributed by atoms with van der Waals surface area (Å²) in [4.78, 5) is 35.3. The molecule has 8 nitrogen and oxygen atoms in total. The summed E-state index contributed by atoms with van der Waals surface area (Å²) in [5.41, 5.74) is 7.80. The molecule has 2 heterocycles. The van der Waals surface area contributed by atoms with Crippen LogP contribution < -0.4 is 11.1 Å². The molecule has 33 heavy (non-hydrogen) atoms. The molecule has 1 aliphatic rings. The van der Waals surface area contributed by atoms with E-state index in [1.807, 2.05) is 57.2 Å². The molecule has 1 saturated heterocycles. The summed E-state index contributed by atoms with van der Waals surface area (Å²) in [7, 11) is 0. The number of carbonyl (C=O) groups excluding carboxylic acids is 2. The Morgan fingerprint density at radius 1 is 1.12 bits per heavy atom. The van der Waals surface area contributed by atoms with Gasteiger partial charge in [0.1, 0.15) is 17.7 Å². The van der Waals surface area contributed by atoms with Crippen molar-refractivity contribution >= 4 is 28.7 Å². The van der Waals surface area contributed by atoms with Crippen molar-refractivity contribution in [1.82, 2.24) is 14.9 Å². The molecule has 2 aromatic carbocycles. The van der Waals surface area contributed by atoms with Crippen LogP contribution in [0.2, 0.25) is 0 Å². The Hall–Kier alpha value is -3.68. The molecule has 1 atom stereocenters. The summed E-state index contributed by atoms with van der Waals surface area (Å²) < 4.78 is 5.53. The van der Waals surface area contributed by atoms with Gasteiger partial charge in [0, 0.05) is 24.5 Å². The molecule has 2 amide bonds. The number of piperidine rings is 1. The molecule has 0 radical (unpaired) electrons. The van der Waals surface area contributed by atoms with Crippen LogP contribution in [0.3, 0.4) is 0 Å². The highest BCUT2D eigenvalue weighted by molar-refractivity contribution is 6.08. The third-order valence-corrected chi connectivity index (χ3v) is 5.53. The predicted molar refractivity (Wildman–Crippen MR) is 128 cm³/mol.